The number of hydrogen-bond donors (Lipinski definition) is 1. The zero-order valence-electron chi connectivity index (χ0n) is 11.0. The monoisotopic (exact) mass is 286 g/mol. The van der Waals surface area contributed by atoms with Gasteiger partial charge in [-0.25, -0.2) is 0 Å². The Bertz CT molecular complexity index is 461. The molecular weight excluding hydrogens is 268 g/mol. The highest BCUT2D eigenvalue weighted by Gasteiger charge is 2.29. The molecule has 1 fully saturated rings. The van der Waals surface area contributed by atoms with Gasteiger partial charge in [0.2, 0.25) is 0 Å². The Morgan fingerprint density at radius 3 is 3.00 bits per heavy atom. The van der Waals surface area contributed by atoms with Crippen molar-refractivity contribution in [3.05, 3.63) is 21.1 Å². The summed E-state index contributed by atoms with van der Waals surface area (Å²) in [7, 11) is 1.66. The lowest BCUT2D eigenvalue weighted by atomic mass is 10.1. The van der Waals surface area contributed by atoms with Crippen LogP contribution >= 0.6 is 11.3 Å². The molecule has 1 aliphatic heterocycles. The van der Waals surface area contributed by atoms with E-state index in [0.717, 1.165) is 19.4 Å². The van der Waals surface area contributed by atoms with Crippen molar-refractivity contribution in [3.8, 4) is 0 Å². The fourth-order valence-corrected chi connectivity index (χ4v) is 3.37. The maximum atomic E-state index is 11.1. The second kappa shape index (κ2) is 5.85. The molecule has 0 aliphatic carbocycles. The summed E-state index contributed by atoms with van der Waals surface area (Å²) >= 11 is 1.29. The zero-order valence-corrected chi connectivity index (χ0v) is 11.9. The maximum Gasteiger partial charge on any atom is 0.304 e. The topological polar surface area (TPSA) is 75.8 Å². The largest absolute Gasteiger partial charge is 0.388 e. The zero-order chi connectivity index (χ0) is 14.0. The van der Waals surface area contributed by atoms with Crippen LogP contribution in [0, 0.1) is 10.1 Å². The molecule has 19 heavy (non-hydrogen) atoms. The van der Waals surface area contributed by atoms with Crippen LogP contribution in [0.2, 0.25) is 0 Å². The predicted octanol–water partition coefficient (Wildman–Crippen LogP) is 2.32. The van der Waals surface area contributed by atoms with Gasteiger partial charge in [-0.15, -0.1) is 11.3 Å². The minimum Gasteiger partial charge on any atom is -0.388 e. The van der Waals surface area contributed by atoms with Crippen molar-refractivity contribution in [2.24, 2.45) is 0 Å². The van der Waals surface area contributed by atoms with Crippen LogP contribution in [0.3, 0.4) is 0 Å². The molecule has 0 aromatic carbocycles. The van der Waals surface area contributed by atoms with Crippen LogP contribution in [0.4, 0.5) is 10.7 Å². The van der Waals surface area contributed by atoms with Crippen LogP contribution in [0.1, 0.15) is 30.7 Å². The van der Waals surface area contributed by atoms with E-state index in [1.807, 2.05) is 4.90 Å². The van der Waals surface area contributed by atoms with Gasteiger partial charge in [-0.3, -0.25) is 10.1 Å². The molecule has 0 radical (unpaired) electrons. The van der Waals surface area contributed by atoms with Gasteiger partial charge < -0.3 is 14.7 Å². The highest BCUT2D eigenvalue weighted by molar-refractivity contribution is 7.16. The molecule has 0 amide bonds. The van der Waals surface area contributed by atoms with Gasteiger partial charge in [-0.1, -0.05) is 0 Å². The number of hydrogen-bond acceptors (Lipinski definition) is 6. The number of ether oxygens (including phenoxy) is 1. The third kappa shape index (κ3) is 3.05. The third-order valence-corrected chi connectivity index (χ3v) is 4.68. The summed E-state index contributed by atoms with van der Waals surface area (Å²) in [5, 5.41) is 21.3. The summed E-state index contributed by atoms with van der Waals surface area (Å²) in [4.78, 5) is 13.4. The SMILES string of the molecule is COC1CCCN(c2sc(C(C)O)cc2[N+](=O)[O-])C1. The molecule has 1 aromatic heterocycles. The minimum absolute atomic E-state index is 0.0812. The van der Waals surface area contributed by atoms with Crippen molar-refractivity contribution < 1.29 is 14.8 Å². The van der Waals surface area contributed by atoms with Gasteiger partial charge in [0.15, 0.2) is 5.00 Å². The summed E-state index contributed by atoms with van der Waals surface area (Å²) in [6, 6.07) is 1.47. The second-order valence-electron chi connectivity index (χ2n) is 4.72. The van der Waals surface area contributed by atoms with Crippen molar-refractivity contribution in [2.45, 2.75) is 32.0 Å². The molecule has 2 atom stereocenters. The lowest BCUT2D eigenvalue weighted by Gasteiger charge is -2.32. The van der Waals surface area contributed by atoms with Crippen molar-refractivity contribution in [2.75, 3.05) is 25.1 Å². The number of methoxy groups -OCH3 is 1. The van der Waals surface area contributed by atoms with Crippen LogP contribution in [0.15, 0.2) is 6.07 Å². The first kappa shape index (κ1) is 14.2. The molecular formula is C12H18N2O4S. The maximum absolute atomic E-state index is 11.1. The molecule has 0 spiro atoms. The van der Waals surface area contributed by atoms with E-state index >= 15 is 0 Å². The van der Waals surface area contributed by atoms with E-state index in [1.165, 1.54) is 17.4 Å². The van der Waals surface area contributed by atoms with E-state index in [1.54, 1.807) is 14.0 Å². The van der Waals surface area contributed by atoms with E-state index in [-0.39, 0.29) is 16.7 Å². The van der Waals surface area contributed by atoms with Crippen molar-refractivity contribution in [3.63, 3.8) is 0 Å². The molecule has 0 bridgehead atoms. The fraction of sp³-hybridized carbons (Fsp3) is 0.667. The van der Waals surface area contributed by atoms with Gasteiger partial charge in [0.25, 0.3) is 0 Å². The van der Waals surface area contributed by atoms with Gasteiger partial charge in [-0.05, 0) is 19.8 Å². The number of anilines is 1. The smallest absolute Gasteiger partial charge is 0.304 e. The van der Waals surface area contributed by atoms with Gasteiger partial charge in [0.05, 0.1) is 17.1 Å². The van der Waals surface area contributed by atoms with Gasteiger partial charge in [0, 0.05) is 31.1 Å². The molecule has 1 aliphatic rings. The Kier molecular flexibility index (Phi) is 4.38. The Morgan fingerprint density at radius 1 is 1.68 bits per heavy atom. The van der Waals surface area contributed by atoms with E-state index in [4.69, 9.17) is 4.74 Å². The molecule has 1 saturated heterocycles. The molecule has 1 N–H and O–H groups in total. The Morgan fingerprint density at radius 2 is 2.42 bits per heavy atom. The van der Waals surface area contributed by atoms with Gasteiger partial charge in [-0.2, -0.15) is 0 Å². The van der Waals surface area contributed by atoms with E-state index in [2.05, 4.69) is 0 Å². The van der Waals surface area contributed by atoms with E-state index in [0.29, 0.717) is 16.4 Å². The van der Waals surface area contributed by atoms with Gasteiger partial charge >= 0.3 is 5.69 Å². The van der Waals surface area contributed by atoms with Crippen LogP contribution in [-0.2, 0) is 4.74 Å². The molecule has 0 saturated carbocycles. The molecule has 106 valence electrons. The number of thiophene rings is 1. The fourth-order valence-electron chi connectivity index (χ4n) is 2.27. The first-order chi connectivity index (χ1) is 9.02. The quantitative estimate of drug-likeness (QED) is 0.679. The average Bonchev–Trinajstić information content (AvgIpc) is 2.84. The van der Waals surface area contributed by atoms with Crippen LogP contribution in [0.5, 0.6) is 0 Å². The van der Waals surface area contributed by atoms with E-state index in [9.17, 15) is 15.2 Å². The number of rotatable bonds is 4. The highest BCUT2D eigenvalue weighted by Crippen LogP contribution is 2.41. The Balaban J connectivity index is 2.29. The normalized spacial score (nSPS) is 21.4. The molecule has 2 unspecified atom stereocenters. The third-order valence-electron chi connectivity index (χ3n) is 3.32. The lowest BCUT2D eigenvalue weighted by molar-refractivity contribution is -0.383. The Labute approximate surface area is 115 Å². The number of nitro groups is 1. The molecule has 2 rings (SSSR count). The summed E-state index contributed by atoms with van der Waals surface area (Å²) in [6.07, 6.45) is 1.37. The first-order valence-corrected chi connectivity index (χ1v) is 7.08. The first-order valence-electron chi connectivity index (χ1n) is 6.27. The molecule has 2 heterocycles. The number of aliphatic hydroxyl groups excluding tert-OH is 1. The lowest BCUT2D eigenvalue weighted by Crippen LogP contribution is -2.39. The molecule has 1 aromatic rings. The second-order valence-corrected chi connectivity index (χ2v) is 5.78. The highest BCUT2D eigenvalue weighted by atomic mass is 32.1. The van der Waals surface area contributed by atoms with Gasteiger partial charge in [0.1, 0.15) is 0 Å². The standard InChI is InChI=1S/C12H18N2O4S/c1-8(15)11-6-10(14(16)17)12(19-11)13-5-3-4-9(7-13)18-2/h6,8-9,15H,3-5,7H2,1-2H3. The minimum atomic E-state index is -0.680. The molecule has 7 heteroatoms. The van der Waals surface area contributed by atoms with Crippen molar-refractivity contribution in [1.82, 2.24) is 0 Å². The summed E-state index contributed by atoms with van der Waals surface area (Å²) in [5.74, 6) is 0. The summed E-state index contributed by atoms with van der Waals surface area (Å²) < 4.78 is 5.34. The Hall–Kier alpha value is -1.18. The van der Waals surface area contributed by atoms with Crippen LogP contribution in [-0.4, -0.2) is 36.3 Å². The number of nitrogens with zero attached hydrogens (tertiary/aromatic N) is 2. The number of piperidine rings is 1. The van der Waals surface area contributed by atoms with Crippen LogP contribution in [0.25, 0.3) is 0 Å². The molecule has 6 nitrogen and oxygen atoms in total. The summed E-state index contributed by atoms with van der Waals surface area (Å²) in [6.45, 7) is 3.07. The summed E-state index contributed by atoms with van der Waals surface area (Å²) in [5.41, 5.74) is 0.0812. The van der Waals surface area contributed by atoms with Crippen LogP contribution < -0.4 is 4.90 Å². The number of aliphatic hydroxyl groups is 1. The average molecular weight is 286 g/mol. The van der Waals surface area contributed by atoms with E-state index < -0.39 is 6.10 Å². The van der Waals surface area contributed by atoms with Crippen molar-refractivity contribution in [1.29, 1.82) is 0 Å². The predicted molar refractivity (Wildman–Crippen MR) is 73.9 cm³/mol. The van der Waals surface area contributed by atoms with Crippen molar-refractivity contribution >= 4 is 22.0 Å².